The first-order chi connectivity index (χ1) is 14.5. The van der Waals surface area contributed by atoms with E-state index in [2.05, 4.69) is 36.4 Å². The maximum atomic E-state index is 13.1. The average molecular weight is 426 g/mol. The van der Waals surface area contributed by atoms with Crippen molar-refractivity contribution >= 4 is 34.6 Å². The number of pyridine rings is 1. The lowest BCUT2D eigenvalue weighted by molar-refractivity contribution is -0.130. The summed E-state index contributed by atoms with van der Waals surface area (Å²) in [6.07, 6.45) is 2.73. The van der Waals surface area contributed by atoms with E-state index in [-0.39, 0.29) is 11.8 Å². The number of nitrogens with zero attached hydrogens (tertiary/aromatic N) is 5. The van der Waals surface area contributed by atoms with Gasteiger partial charge in [-0.2, -0.15) is 0 Å². The zero-order valence-corrected chi connectivity index (χ0v) is 18.5. The number of piperazine rings is 1. The third-order valence-electron chi connectivity index (χ3n) is 5.59. The minimum absolute atomic E-state index is 0.00119. The molecular formula is C22H27N5O2S. The number of carbonyl (C=O) groups excluding carboxylic acids is 2. The van der Waals surface area contributed by atoms with E-state index in [1.165, 1.54) is 4.88 Å². The van der Waals surface area contributed by atoms with Gasteiger partial charge < -0.3 is 14.7 Å². The van der Waals surface area contributed by atoms with Crippen molar-refractivity contribution in [3.05, 3.63) is 52.0 Å². The minimum atomic E-state index is -0.00119. The van der Waals surface area contributed by atoms with Gasteiger partial charge in [-0.15, -0.1) is 11.3 Å². The van der Waals surface area contributed by atoms with E-state index in [0.717, 1.165) is 30.1 Å². The lowest BCUT2D eigenvalue weighted by Crippen LogP contribution is -2.50. The van der Waals surface area contributed by atoms with Crippen LogP contribution in [0.2, 0.25) is 0 Å². The maximum absolute atomic E-state index is 13.1. The molecule has 158 valence electrons. The summed E-state index contributed by atoms with van der Waals surface area (Å²) in [5.74, 6) is 1.09. The van der Waals surface area contributed by atoms with Crippen LogP contribution < -0.4 is 4.90 Å². The first kappa shape index (κ1) is 20.4. The predicted molar refractivity (Wildman–Crippen MR) is 119 cm³/mol. The van der Waals surface area contributed by atoms with Crippen molar-refractivity contribution in [2.75, 3.05) is 38.1 Å². The largest absolute Gasteiger partial charge is 0.354 e. The van der Waals surface area contributed by atoms with Crippen LogP contribution in [-0.2, 0) is 17.8 Å². The Morgan fingerprint density at radius 2 is 1.87 bits per heavy atom. The van der Waals surface area contributed by atoms with E-state index in [1.807, 2.05) is 27.6 Å². The molecule has 0 N–H and O–H groups in total. The van der Waals surface area contributed by atoms with E-state index < -0.39 is 0 Å². The molecule has 0 aromatic carbocycles. The number of rotatable bonds is 5. The van der Waals surface area contributed by atoms with Gasteiger partial charge in [-0.3, -0.25) is 14.0 Å². The van der Waals surface area contributed by atoms with E-state index >= 15 is 0 Å². The van der Waals surface area contributed by atoms with Crippen LogP contribution in [0, 0.1) is 0 Å². The summed E-state index contributed by atoms with van der Waals surface area (Å²) in [5.41, 5.74) is 2.51. The quantitative estimate of drug-likeness (QED) is 0.631. The molecule has 3 aromatic heterocycles. The number of hydrogen-bond acceptors (Lipinski definition) is 5. The van der Waals surface area contributed by atoms with Crippen molar-refractivity contribution in [3.63, 3.8) is 0 Å². The van der Waals surface area contributed by atoms with Gasteiger partial charge in [0.25, 0.3) is 5.91 Å². The summed E-state index contributed by atoms with van der Waals surface area (Å²) in [6.45, 7) is 6.77. The smallest absolute Gasteiger partial charge is 0.255 e. The Morgan fingerprint density at radius 3 is 2.50 bits per heavy atom. The molecule has 2 amide bonds. The summed E-state index contributed by atoms with van der Waals surface area (Å²) in [5, 5.41) is 2.08. The molecule has 1 aliphatic heterocycles. The summed E-state index contributed by atoms with van der Waals surface area (Å²) in [4.78, 5) is 36.5. The van der Waals surface area contributed by atoms with Gasteiger partial charge in [-0.1, -0.05) is 13.0 Å². The molecule has 1 saturated heterocycles. The molecule has 3 aromatic rings. The minimum Gasteiger partial charge on any atom is -0.354 e. The second-order valence-electron chi connectivity index (χ2n) is 7.62. The molecule has 0 aliphatic carbocycles. The highest BCUT2D eigenvalue weighted by Crippen LogP contribution is 2.26. The second kappa shape index (κ2) is 8.47. The predicted octanol–water partition coefficient (Wildman–Crippen LogP) is 2.90. The van der Waals surface area contributed by atoms with Gasteiger partial charge in [0.1, 0.15) is 11.5 Å². The zero-order chi connectivity index (χ0) is 21.3. The van der Waals surface area contributed by atoms with Gasteiger partial charge >= 0.3 is 0 Å². The fourth-order valence-corrected chi connectivity index (χ4v) is 4.72. The average Bonchev–Trinajstić information content (AvgIpc) is 3.39. The number of aromatic nitrogens is 2. The highest BCUT2D eigenvalue weighted by atomic mass is 32.1. The molecule has 4 rings (SSSR count). The summed E-state index contributed by atoms with van der Waals surface area (Å²) in [6, 6.07) is 7.96. The lowest BCUT2D eigenvalue weighted by Gasteiger charge is -2.34. The number of amides is 2. The van der Waals surface area contributed by atoms with E-state index in [9.17, 15) is 9.59 Å². The van der Waals surface area contributed by atoms with E-state index in [0.29, 0.717) is 31.7 Å². The summed E-state index contributed by atoms with van der Waals surface area (Å²) in [7, 11) is 2.07. The van der Waals surface area contributed by atoms with Gasteiger partial charge in [-0.25, -0.2) is 4.98 Å². The standard InChI is InChI=1S/C22H27N5O2S/c1-4-19-21(24(3)15-18-6-5-13-30-18)27-14-17(7-8-20(27)23-19)22(29)26-11-9-25(10-12-26)16(2)28/h5-8,13-14H,4,9-12,15H2,1-3H3. The Balaban J connectivity index is 1.61. The molecule has 7 nitrogen and oxygen atoms in total. The molecule has 0 atom stereocenters. The monoisotopic (exact) mass is 425 g/mol. The van der Waals surface area contributed by atoms with Gasteiger partial charge in [-0.05, 0) is 30.0 Å². The molecular weight excluding hydrogens is 398 g/mol. The normalized spacial score (nSPS) is 14.4. The van der Waals surface area contributed by atoms with Crippen molar-refractivity contribution in [1.82, 2.24) is 19.2 Å². The van der Waals surface area contributed by atoms with Crippen LogP contribution in [0.25, 0.3) is 5.65 Å². The summed E-state index contributed by atoms with van der Waals surface area (Å²) < 4.78 is 2.03. The molecule has 0 saturated carbocycles. The van der Waals surface area contributed by atoms with Crippen LogP contribution >= 0.6 is 11.3 Å². The van der Waals surface area contributed by atoms with E-state index in [4.69, 9.17) is 4.98 Å². The number of carbonyl (C=O) groups is 2. The molecule has 0 bridgehead atoms. The van der Waals surface area contributed by atoms with Gasteiger partial charge in [0.2, 0.25) is 5.91 Å². The first-order valence-corrected chi connectivity index (χ1v) is 11.1. The topological polar surface area (TPSA) is 61.2 Å². The Bertz CT molecular complexity index is 1050. The number of imidazole rings is 1. The Morgan fingerprint density at radius 1 is 1.13 bits per heavy atom. The fraction of sp³-hybridized carbons (Fsp3) is 0.409. The van der Waals surface area contributed by atoms with Gasteiger partial charge in [0.15, 0.2) is 0 Å². The van der Waals surface area contributed by atoms with Crippen LogP contribution in [0.4, 0.5) is 5.82 Å². The van der Waals surface area contributed by atoms with E-state index in [1.54, 1.807) is 23.2 Å². The Labute approximate surface area is 180 Å². The summed E-state index contributed by atoms with van der Waals surface area (Å²) >= 11 is 1.74. The zero-order valence-electron chi connectivity index (χ0n) is 17.7. The molecule has 8 heteroatoms. The van der Waals surface area contributed by atoms with Crippen LogP contribution in [0.15, 0.2) is 35.8 Å². The first-order valence-electron chi connectivity index (χ1n) is 10.3. The highest BCUT2D eigenvalue weighted by Gasteiger charge is 2.24. The SMILES string of the molecule is CCc1nc2ccc(C(=O)N3CCN(C(C)=O)CC3)cn2c1N(C)Cc1cccs1. The molecule has 0 unspecified atom stereocenters. The van der Waals surface area contributed by atoms with Crippen molar-refractivity contribution in [3.8, 4) is 0 Å². The number of hydrogen-bond donors (Lipinski definition) is 0. The number of thiophene rings is 1. The maximum Gasteiger partial charge on any atom is 0.255 e. The third kappa shape index (κ3) is 3.92. The number of fused-ring (bicyclic) bond motifs is 1. The number of aryl methyl sites for hydroxylation is 1. The Hall–Kier alpha value is -2.87. The van der Waals surface area contributed by atoms with Crippen LogP contribution in [-0.4, -0.2) is 64.2 Å². The van der Waals surface area contributed by atoms with Crippen molar-refractivity contribution in [2.24, 2.45) is 0 Å². The van der Waals surface area contributed by atoms with Crippen molar-refractivity contribution < 1.29 is 9.59 Å². The second-order valence-corrected chi connectivity index (χ2v) is 8.65. The molecule has 1 fully saturated rings. The highest BCUT2D eigenvalue weighted by molar-refractivity contribution is 7.09. The molecule has 1 aliphatic rings. The van der Waals surface area contributed by atoms with Crippen LogP contribution in [0.1, 0.15) is 34.8 Å². The molecule has 4 heterocycles. The lowest BCUT2D eigenvalue weighted by atomic mass is 10.2. The van der Waals surface area contributed by atoms with Gasteiger partial charge in [0.05, 0.1) is 17.8 Å². The van der Waals surface area contributed by atoms with Crippen molar-refractivity contribution in [1.29, 1.82) is 0 Å². The van der Waals surface area contributed by atoms with Crippen molar-refractivity contribution in [2.45, 2.75) is 26.8 Å². The molecule has 0 spiro atoms. The number of anilines is 1. The van der Waals surface area contributed by atoms with Crippen LogP contribution in [0.3, 0.4) is 0 Å². The third-order valence-corrected chi connectivity index (χ3v) is 6.45. The molecule has 0 radical (unpaired) electrons. The van der Waals surface area contributed by atoms with Gasteiger partial charge in [0, 0.05) is 51.2 Å². The molecule has 30 heavy (non-hydrogen) atoms. The Kier molecular flexibility index (Phi) is 5.76. The van der Waals surface area contributed by atoms with Crippen LogP contribution in [0.5, 0.6) is 0 Å². The fourth-order valence-electron chi connectivity index (χ4n) is 3.97.